The van der Waals surface area contributed by atoms with Gasteiger partial charge in [-0.25, -0.2) is 13.6 Å². The summed E-state index contributed by atoms with van der Waals surface area (Å²) in [6, 6.07) is 2.12. The van der Waals surface area contributed by atoms with Gasteiger partial charge < -0.3 is 19.6 Å². The fourth-order valence-electron chi connectivity index (χ4n) is 3.86. The smallest absolute Gasteiger partial charge is 0.414 e. The van der Waals surface area contributed by atoms with Crippen LogP contribution in [-0.2, 0) is 9.53 Å². The zero-order valence-electron chi connectivity index (χ0n) is 14.2. The lowest BCUT2D eigenvalue weighted by atomic mass is 10.2. The van der Waals surface area contributed by atoms with Gasteiger partial charge >= 0.3 is 6.09 Å². The lowest BCUT2D eigenvalue weighted by Crippen LogP contribution is -2.48. The second kappa shape index (κ2) is 6.08. The summed E-state index contributed by atoms with van der Waals surface area (Å²) in [7, 11) is 0. The molecule has 1 saturated carbocycles. The number of fused-ring (bicyclic) bond motifs is 1. The Morgan fingerprint density at radius 1 is 1.27 bits per heavy atom. The lowest BCUT2D eigenvalue weighted by molar-refractivity contribution is -0.129. The maximum absolute atomic E-state index is 14.7. The van der Waals surface area contributed by atoms with E-state index in [2.05, 4.69) is 0 Å². The standard InChI is InChI=1S/C17H19F2N3O4/c1-9(24)20-2-3-21(15-6-14(15)20)16-12(18)4-10(5-13(16)19)22-7-11(8-23)26-17(22)25/h4-5,11,14-15,23H,2-3,6-8H2,1H3/t11-,14?,15?/m1/s1. The molecule has 1 N–H and O–H groups in total. The van der Waals surface area contributed by atoms with E-state index in [1.165, 1.54) is 6.92 Å². The van der Waals surface area contributed by atoms with Crippen molar-refractivity contribution in [1.29, 1.82) is 0 Å². The van der Waals surface area contributed by atoms with Crippen molar-refractivity contribution < 1.29 is 28.2 Å². The zero-order chi connectivity index (χ0) is 18.6. The first-order valence-electron chi connectivity index (χ1n) is 8.52. The maximum atomic E-state index is 14.7. The molecule has 0 radical (unpaired) electrons. The van der Waals surface area contributed by atoms with Crippen LogP contribution in [0.1, 0.15) is 13.3 Å². The Hall–Kier alpha value is -2.42. The van der Waals surface area contributed by atoms with Gasteiger partial charge in [0.25, 0.3) is 0 Å². The largest absolute Gasteiger partial charge is 0.441 e. The third-order valence-corrected chi connectivity index (χ3v) is 5.19. The molecule has 7 nitrogen and oxygen atoms in total. The molecule has 2 aliphatic heterocycles. The molecule has 1 aliphatic carbocycles. The highest BCUT2D eigenvalue weighted by molar-refractivity contribution is 5.90. The molecule has 3 fully saturated rings. The third kappa shape index (κ3) is 2.66. The van der Waals surface area contributed by atoms with Crippen molar-refractivity contribution in [3.8, 4) is 0 Å². The van der Waals surface area contributed by atoms with Crippen molar-refractivity contribution in [2.45, 2.75) is 31.5 Å². The summed E-state index contributed by atoms with van der Waals surface area (Å²) >= 11 is 0. The molecular formula is C17H19F2N3O4. The van der Waals surface area contributed by atoms with Gasteiger partial charge in [-0.2, -0.15) is 0 Å². The number of rotatable bonds is 3. The second-order valence-corrected chi connectivity index (χ2v) is 6.83. The molecule has 3 atom stereocenters. The van der Waals surface area contributed by atoms with Crippen LogP contribution in [-0.4, -0.2) is 66.4 Å². The minimum absolute atomic E-state index is 0.00130. The molecule has 2 saturated heterocycles. The van der Waals surface area contributed by atoms with Crippen LogP contribution in [0.3, 0.4) is 0 Å². The molecule has 9 heteroatoms. The highest BCUT2D eigenvalue weighted by Crippen LogP contribution is 2.42. The van der Waals surface area contributed by atoms with Crippen molar-refractivity contribution in [1.82, 2.24) is 4.90 Å². The molecule has 4 rings (SSSR count). The predicted molar refractivity (Wildman–Crippen MR) is 88.0 cm³/mol. The summed E-state index contributed by atoms with van der Waals surface area (Å²) in [5.74, 6) is -1.55. The Kier molecular flexibility index (Phi) is 3.98. The number of aliphatic hydroxyl groups excluding tert-OH is 1. The Balaban J connectivity index is 1.58. The number of halogens is 2. The van der Waals surface area contributed by atoms with Crippen molar-refractivity contribution in [3.05, 3.63) is 23.8 Å². The van der Waals surface area contributed by atoms with Crippen LogP contribution in [0.25, 0.3) is 0 Å². The van der Waals surface area contributed by atoms with E-state index in [0.717, 1.165) is 17.0 Å². The molecule has 26 heavy (non-hydrogen) atoms. The number of hydrogen-bond acceptors (Lipinski definition) is 5. The number of carbonyl (C=O) groups excluding carboxylic acids is 2. The van der Waals surface area contributed by atoms with Gasteiger partial charge in [0.15, 0.2) is 11.6 Å². The number of nitrogens with zero attached hydrogens (tertiary/aromatic N) is 3. The quantitative estimate of drug-likeness (QED) is 0.866. The molecule has 0 aromatic heterocycles. The van der Waals surface area contributed by atoms with E-state index in [1.807, 2.05) is 0 Å². The number of benzene rings is 1. The second-order valence-electron chi connectivity index (χ2n) is 6.83. The lowest BCUT2D eigenvalue weighted by Gasteiger charge is -2.35. The normalized spacial score (nSPS) is 27.5. The van der Waals surface area contributed by atoms with E-state index < -0.39 is 23.8 Å². The van der Waals surface area contributed by atoms with Gasteiger partial charge in [0, 0.05) is 32.1 Å². The average molecular weight is 367 g/mol. The SMILES string of the molecule is CC(=O)N1CCN(c2c(F)cc(N3C[C@H](CO)OC3=O)cc2F)C2CC21. The van der Waals surface area contributed by atoms with Gasteiger partial charge in [-0.1, -0.05) is 0 Å². The number of cyclic esters (lactones) is 1. The minimum atomic E-state index is -0.762. The maximum Gasteiger partial charge on any atom is 0.414 e. The Labute approximate surface area is 148 Å². The molecule has 2 heterocycles. The Bertz CT molecular complexity index is 751. The molecule has 2 amide bonds. The van der Waals surface area contributed by atoms with Crippen molar-refractivity contribution >= 4 is 23.4 Å². The van der Waals surface area contributed by atoms with Crippen LogP contribution in [0.2, 0.25) is 0 Å². The first-order valence-corrected chi connectivity index (χ1v) is 8.52. The topological polar surface area (TPSA) is 73.3 Å². The van der Waals surface area contributed by atoms with E-state index in [9.17, 15) is 18.4 Å². The summed E-state index contributed by atoms with van der Waals surface area (Å²) in [5.41, 5.74) is -0.0739. The fraction of sp³-hybridized carbons (Fsp3) is 0.529. The number of ether oxygens (including phenoxy) is 1. The van der Waals surface area contributed by atoms with Gasteiger partial charge in [0.1, 0.15) is 11.8 Å². The van der Waals surface area contributed by atoms with Crippen molar-refractivity contribution in [2.24, 2.45) is 0 Å². The molecule has 3 aliphatic rings. The molecule has 1 aromatic carbocycles. The molecule has 1 aromatic rings. The van der Waals surface area contributed by atoms with E-state index in [1.54, 1.807) is 9.80 Å². The van der Waals surface area contributed by atoms with Gasteiger partial charge in [0.2, 0.25) is 5.91 Å². The molecule has 0 bridgehead atoms. The van der Waals surface area contributed by atoms with Crippen molar-refractivity contribution in [3.63, 3.8) is 0 Å². The van der Waals surface area contributed by atoms with Gasteiger partial charge in [0.05, 0.1) is 30.9 Å². The molecule has 140 valence electrons. The first-order chi connectivity index (χ1) is 12.4. The molecule has 0 spiro atoms. The number of aliphatic hydroxyl groups is 1. The van der Waals surface area contributed by atoms with Crippen LogP contribution in [0, 0.1) is 11.6 Å². The predicted octanol–water partition coefficient (Wildman–Crippen LogP) is 1.09. The highest BCUT2D eigenvalue weighted by Gasteiger charge is 2.51. The summed E-state index contributed by atoms with van der Waals surface area (Å²) in [6.45, 7) is 1.96. The first kappa shape index (κ1) is 17.0. The monoisotopic (exact) mass is 367 g/mol. The van der Waals surface area contributed by atoms with Crippen LogP contribution in [0.5, 0.6) is 0 Å². The van der Waals surface area contributed by atoms with E-state index in [4.69, 9.17) is 9.84 Å². The van der Waals surface area contributed by atoms with Gasteiger partial charge in [-0.3, -0.25) is 9.69 Å². The Morgan fingerprint density at radius 3 is 2.54 bits per heavy atom. The van der Waals surface area contributed by atoms with E-state index in [-0.39, 0.29) is 42.5 Å². The van der Waals surface area contributed by atoms with Crippen molar-refractivity contribution in [2.75, 3.05) is 36.0 Å². The average Bonchev–Trinajstić information content (AvgIpc) is 3.29. The number of amides is 2. The zero-order valence-corrected chi connectivity index (χ0v) is 14.2. The fourth-order valence-corrected chi connectivity index (χ4v) is 3.86. The summed E-state index contributed by atoms with van der Waals surface area (Å²) in [6.07, 6.45) is -0.760. The summed E-state index contributed by atoms with van der Waals surface area (Å²) in [5, 5.41) is 9.08. The number of hydrogen-bond donors (Lipinski definition) is 1. The van der Waals surface area contributed by atoms with E-state index >= 15 is 0 Å². The number of carbonyl (C=O) groups is 2. The van der Waals surface area contributed by atoms with E-state index in [0.29, 0.717) is 19.5 Å². The Morgan fingerprint density at radius 2 is 1.96 bits per heavy atom. The van der Waals surface area contributed by atoms with Gasteiger partial charge in [-0.15, -0.1) is 0 Å². The summed E-state index contributed by atoms with van der Waals surface area (Å²) < 4.78 is 34.3. The number of anilines is 2. The minimum Gasteiger partial charge on any atom is -0.441 e. The van der Waals surface area contributed by atoms with Crippen LogP contribution in [0.4, 0.5) is 25.0 Å². The molecular weight excluding hydrogens is 348 g/mol. The third-order valence-electron chi connectivity index (χ3n) is 5.19. The highest BCUT2D eigenvalue weighted by atomic mass is 19.1. The molecule has 2 unspecified atom stereocenters. The van der Waals surface area contributed by atoms with Crippen LogP contribution in [0.15, 0.2) is 12.1 Å². The van der Waals surface area contributed by atoms with Crippen LogP contribution >= 0.6 is 0 Å². The summed E-state index contributed by atoms with van der Waals surface area (Å²) in [4.78, 5) is 27.9. The van der Waals surface area contributed by atoms with Crippen LogP contribution < -0.4 is 9.80 Å². The number of piperazine rings is 1. The van der Waals surface area contributed by atoms with Gasteiger partial charge in [-0.05, 0) is 6.42 Å².